The Hall–Kier alpha value is -4.14. The van der Waals surface area contributed by atoms with Gasteiger partial charge in [-0.15, -0.1) is 11.8 Å². The van der Waals surface area contributed by atoms with Crippen molar-refractivity contribution in [3.05, 3.63) is 0 Å². The molecule has 0 aliphatic carbocycles. The smallest absolute Gasteiger partial charge is 0.243 e. The number of carbonyl (C=O) groups is 9. The molecule has 6 amide bonds. The molecule has 94 heavy (non-hydrogen) atoms. The number of nitrogens with two attached hydrogens (primary N) is 1. The molecule has 0 aromatic carbocycles. The molecule has 27 nitrogen and oxygen atoms in total. The third kappa shape index (κ3) is 54.9. The zero-order valence-electron chi connectivity index (χ0n) is 57.5. The van der Waals surface area contributed by atoms with Crippen LogP contribution in [-0.4, -0.2) is 278 Å². The summed E-state index contributed by atoms with van der Waals surface area (Å²) in [4.78, 5) is 114. The van der Waals surface area contributed by atoms with E-state index >= 15 is 0 Å². The first-order chi connectivity index (χ1) is 45.6. The van der Waals surface area contributed by atoms with Crippen LogP contribution in [0, 0.1) is 0 Å². The lowest BCUT2D eigenvalue weighted by atomic mass is 10.0. The van der Waals surface area contributed by atoms with Crippen molar-refractivity contribution >= 4 is 64.6 Å². The van der Waals surface area contributed by atoms with Crippen LogP contribution in [0.3, 0.4) is 0 Å². The van der Waals surface area contributed by atoms with Gasteiger partial charge in [-0.1, -0.05) is 71.1 Å². The third-order valence-corrected chi connectivity index (χ3v) is 15.7. The van der Waals surface area contributed by atoms with Crippen molar-refractivity contribution in [3.63, 3.8) is 0 Å². The molecule has 28 heteroatoms. The first-order valence-electron chi connectivity index (χ1n) is 34.4. The van der Waals surface area contributed by atoms with Gasteiger partial charge in [-0.3, -0.25) is 48.1 Å². The second-order valence-electron chi connectivity index (χ2n) is 23.0. The number of primary amides is 1. The fourth-order valence-electron chi connectivity index (χ4n) is 9.16. The van der Waals surface area contributed by atoms with E-state index < -0.39 is 35.1 Å². The summed E-state index contributed by atoms with van der Waals surface area (Å²) in [5.74, 6) is -2.23. The average molecular weight is 1370 g/mol. The number of imide groups is 1. The molecular weight excluding hydrogens is 1240 g/mol. The summed E-state index contributed by atoms with van der Waals surface area (Å²) >= 11 is 1.18. The Morgan fingerprint density at radius 1 is 0.489 bits per heavy atom. The monoisotopic (exact) mass is 1360 g/mol. The van der Waals surface area contributed by atoms with Gasteiger partial charge in [0.1, 0.15) is 29.4 Å². The molecular formula is C66H120N6O21S. The minimum atomic E-state index is -0.996. The van der Waals surface area contributed by atoms with Gasteiger partial charge in [0.25, 0.3) is 0 Å². The van der Waals surface area contributed by atoms with E-state index in [1.54, 1.807) is 0 Å². The first kappa shape index (κ1) is 87.9. The summed E-state index contributed by atoms with van der Waals surface area (Å²) in [6.07, 6.45) is 15.1. The van der Waals surface area contributed by atoms with E-state index in [1.165, 1.54) is 57.2 Å². The predicted molar refractivity (Wildman–Crippen MR) is 355 cm³/mol. The molecule has 0 aromatic heterocycles. The number of amides is 6. The van der Waals surface area contributed by atoms with E-state index in [9.17, 15) is 43.2 Å². The van der Waals surface area contributed by atoms with Crippen LogP contribution in [0.1, 0.15) is 155 Å². The summed E-state index contributed by atoms with van der Waals surface area (Å²) in [5.41, 5.74) is 5.54. The fraction of sp³-hybridized carbons (Fsp3) is 0.864. The average Bonchev–Trinajstić information content (AvgIpc) is 1.71. The van der Waals surface area contributed by atoms with Crippen LogP contribution in [-0.2, 0) is 100.0 Å². The Morgan fingerprint density at radius 3 is 1.34 bits per heavy atom. The van der Waals surface area contributed by atoms with Gasteiger partial charge >= 0.3 is 0 Å². The van der Waals surface area contributed by atoms with E-state index in [4.69, 9.17) is 62.6 Å². The topological polar surface area (TPSA) is 333 Å². The lowest BCUT2D eigenvalue weighted by molar-refractivity contribution is -0.138. The molecule has 0 radical (unpaired) electrons. The molecule has 0 spiro atoms. The number of thioether (sulfide) groups is 1. The normalized spacial score (nSPS) is 13.8. The summed E-state index contributed by atoms with van der Waals surface area (Å²) in [7, 11) is 3.72. The second-order valence-corrected chi connectivity index (χ2v) is 24.4. The van der Waals surface area contributed by atoms with Crippen LogP contribution in [0.5, 0.6) is 0 Å². The summed E-state index contributed by atoms with van der Waals surface area (Å²) in [5, 5.41) is 7.46. The number of ketones is 3. The number of ether oxygens (including phenoxy) is 12. The van der Waals surface area contributed by atoms with Gasteiger partial charge in [0.15, 0.2) is 0 Å². The number of likely N-dealkylation sites (tertiary alicyclic amines) is 1. The largest absolute Gasteiger partial charge is 0.379 e. The predicted octanol–water partition coefficient (Wildman–Crippen LogP) is 4.12. The number of carbonyl (C=O) groups excluding carboxylic acids is 9. The van der Waals surface area contributed by atoms with Crippen LogP contribution < -0.4 is 21.7 Å². The van der Waals surface area contributed by atoms with Gasteiger partial charge in [-0.2, -0.15) is 0 Å². The van der Waals surface area contributed by atoms with E-state index in [1.807, 2.05) is 19.0 Å². The maximum absolute atomic E-state index is 12.9. The van der Waals surface area contributed by atoms with Crippen molar-refractivity contribution in [3.8, 4) is 0 Å². The van der Waals surface area contributed by atoms with Crippen molar-refractivity contribution in [1.82, 2.24) is 25.8 Å². The zero-order chi connectivity index (χ0) is 68.8. The molecule has 546 valence electrons. The van der Waals surface area contributed by atoms with Gasteiger partial charge in [0.05, 0.1) is 157 Å². The third-order valence-electron chi connectivity index (χ3n) is 14.5. The second kappa shape index (κ2) is 63.6. The maximum Gasteiger partial charge on any atom is 0.243 e. The van der Waals surface area contributed by atoms with Crippen molar-refractivity contribution in [2.24, 2.45) is 5.73 Å². The summed E-state index contributed by atoms with van der Waals surface area (Å²) in [6.45, 7) is 14.6. The Kier molecular flexibility index (Phi) is 59.4. The number of Topliss-reactive ketones (excluding diaryl/α,β-unsaturated/α-hetero) is 3. The van der Waals surface area contributed by atoms with Crippen molar-refractivity contribution in [2.45, 2.75) is 172 Å². The summed E-state index contributed by atoms with van der Waals surface area (Å²) < 4.78 is 66.3. The molecule has 3 atom stereocenters. The van der Waals surface area contributed by atoms with E-state index in [2.05, 4.69) is 22.9 Å². The van der Waals surface area contributed by atoms with E-state index in [-0.39, 0.29) is 79.5 Å². The lowest BCUT2D eigenvalue weighted by Gasteiger charge is -2.18. The molecule has 5 N–H and O–H groups in total. The first-order valence-corrected chi connectivity index (χ1v) is 35.4. The number of rotatable bonds is 72. The van der Waals surface area contributed by atoms with Crippen LogP contribution in [0.25, 0.3) is 0 Å². The standard InChI is InChI=1S/C66H120N6O21S/c1-5-6-7-8-9-10-11-12-16-21-61(76)69-58(64(67)79)20-15-13-14-18-57(75)23-29-83-31-33-85-35-37-87-39-41-89-43-45-91-47-49-93-51-50-92-48-46-90-44-42-88-40-38-86-36-34-84-32-30-82-28-17-19-56(74)22-26-72-63(78)54-60(66(72)81)94-52-24-62(77)70-59(53-55(2)73)65(80)68-25-27-71(3)4/h58-60H,5-54H2,1-4H3,(H2,67,79)(H,68,80)(H,69,76)(H,70,77). The van der Waals surface area contributed by atoms with Crippen LogP contribution >= 0.6 is 11.8 Å². The highest BCUT2D eigenvalue weighted by Gasteiger charge is 2.38. The summed E-state index contributed by atoms with van der Waals surface area (Å²) in [6, 6.07) is -1.67. The Balaban J connectivity index is 1.80. The van der Waals surface area contributed by atoms with Gasteiger partial charge in [0.2, 0.25) is 35.4 Å². The number of likely N-dealkylation sites (N-methyl/N-ethyl adjacent to an activating group) is 1. The molecule has 1 saturated heterocycles. The SMILES string of the molecule is CCCCCCCCCCCC(=O)NC(CCCCCC(=O)CCOCCOCCOCCOCCOCCOCCOCCOCCOCCOCCOCCOCCCC(=O)CCN1C(=O)CC(SCCC(=O)NC(CC(C)=O)C(=O)NCCN(C)C)C1=O)C(N)=O. The number of hydrogen-bond donors (Lipinski definition) is 4. The minimum Gasteiger partial charge on any atom is -0.379 e. The van der Waals surface area contributed by atoms with Crippen molar-refractivity contribution < 1.29 is 100.0 Å². The highest BCUT2D eigenvalue weighted by molar-refractivity contribution is 8.00. The molecule has 0 aromatic rings. The van der Waals surface area contributed by atoms with E-state index in [0.717, 1.165) is 30.6 Å². The Morgan fingerprint density at radius 2 is 0.883 bits per heavy atom. The molecule has 1 aliphatic heterocycles. The Bertz CT molecular complexity index is 1980. The van der Waals surface area contributed by atoms with Gasteiger partial charge in [0, 0.05) is 83.4 Å². The molecule has 1 heterocycles. The number of nitrogens with zero attached hydrogens (tertiary/aromatic N) is 2. The number of hydrogen-bond acceptors (Lipinski definition) is 23. The molecule has 1 aliphatic rings. The van der Waals surface area contributed by atoms with Crippen LogP contribution in [0.4, 0.5) is 0 Å². The van der Waals surface area contributed by atoms with Crippen LogP contribution in [0.15, 0.2) is 0 Å². The quantitative estimate of drug-likeness (QED) is 0.0491. The number of unbranched alkanes of at least 4 members (excludes halogenated alkanes) is 10. The lowest BCUT2D eigenvalue weighted by Crippen LogP contribution is -2.48. The van der Waals surface area contributed by atoms with Gasteiger partial charge < -0.3 is 83.4 Å². The minimum absolute atomic E-state index is 0.00375. The van der Waals surface area contributed by atoms with E-state index in [0.29, 0.717) is 217 Å². The van der Waals surface area contributed by atoms with Crippen molar-refractivity contribution in [2.75, 3.05) is 198 Å². The van der Waals surface area contributed by atoms with Gasteiger partial charge in [-0.05, 0) is 46.7 Å². The molecule has 0 bridgehead atoms. The molecule has 1 fully saturated rings. The fourth-order valence-corrected chi connectivity index (χ4v) is 10.3. The molecule has 0 saturated carbocycles. The Labute approximate surface area is 564 Å². The highest BCUT2D eigenvalue weighted by Crippen LogP contribution is 2.26. The zero-order valence-corrected chi connectivity index (χ0v) is 58.4. The highest BCUT2D eigenvalue weighted by atomic mass is 32.2. The maximum atomic E-state index is 12.9. The van der Waals surface area contributed by atoms with Crippen LogP contribution in [0.2, 0.25) is 0 Å². The van der Waals surface area contributed by atoms with Crippen molar-refractivity contribution in [1.29, 1.82) is 0 Å². The van der Waals surface area contributed by atoms with Gasteiger partial charge in [-0.25, -0.2) is 0 Å². The molecule has 3 unspecified atom stereocenters. The molecule has 1 rings (SSSR count). The number of nitrogens with one attached hydrogen (secondary N) is 3.